The van der Waals surface area contributed by atoms with Crippen LogP contribution in [0.3, 0.4) is 0 Å². The molecule has 1 rings (SSSR count). The van der Waals surface area contributed by atoms with Gasteiger partial charge in [0.25, 0.3) is 0 Å². The third-order valence-electron chi connectivity index (χ3n) is 1.94. The lowest BCUT2D eigenvalue weighted by molar-refractivity contribution is 0.0992. The van der Waals surface area contributed by atoms with E-state index in [1.165, 1.54) is 0 Å². The zero-order chi connectivity index (χ0) is 10.7. The van der Waals surface area contributed by atoms with Crippen LogP contribution in [0.15, 0.2) is 18.2 Å². The highest BCUT2D eigenvalue weighted by Crippen LogP contribution is 2.18. The summed E-state index contributed by atoms with van der Waals surface area (Å²) in [6.45, 7) is 1.65. The van der Waals surface area contributed by atoms with E-state index < -0.39 is 5.38 Å². The Kier molecular flexibility index (Phi) is 3.96. The summed E-state index contributed by atoms with van der Waals surface area (Å²) in [5.41, 5.74) is 7.90. The molecule has 0 aliphatic heterocycles. The summed E-state index contributed by atoms with van der Waals surface area (Å²) >= 11 is 9.00. The first-order chi connectivity index (χ1) is 6.56. The number of hydrogen-bond acceptors (Lipinski definition) is 2. The summed E-state index contributed by atoms with van der Waals surface area (Å²) in [4.78, 5) is 11.5. The quantitative estimate of drug-likeness (QED) is 0.524. The molecule has 0 spiro atoms. The van der Waals surface area contributed by atoms with Crippen LogP contribution in [0.4, 0.5) is 5.69 Å². The van der Waals surface area contributed by atoms with E-state index in [1.54, 1.807) is 19.1 Å². The number of benzene rings is 1. The minimum Gasteiger partial charge on any atom is -0.398 e. The molecule has 2 N–H and O–H groups in total. The molecule has 0 heterocycles. The van der Waals surface area contributed by atoms with Gasteiger partial charge in [-0.2, -0.15) is 0 Å². The fraction of sp³-hybridized carbons (Fsp3) is 0.300. The average Bonchev–Trinajstić information content (AvgIpc) is 2.16. The van der Waals surface area contributed by atoms with Gasteiger partial charge in [-0.1, -0.05) is 28.1 Å². The molecule has 76 valence electrons. The van der Waals surface area contributed by atoms with Gasteiger partial charge in [-0.05, 0) is 18.6 Å². The summed E-state index contributed by atoms with van der Waals surface area (Å²) in [5, 5.41) is 0.174. The van der Waals surface area contributed by atoms with E-state index in [0.717, 1.165) is 5.56 Å². The van der Waals surface area contributed by atoms with Crippen LogP contribution in [0.2, 0.25) is 0 Å². The fourth-order valence-electron chi connectivity index (χ4n) is 1.10. The van der Waals surface area contributed by atoms with Crippen LogP contribution in [0.1, 0.15) is 22.8 Å². The highest BCUT2D eigenvalue weighted by atomic mass is 79.9. The van der Waals surface area contributed by atoms with Crippen molar-refractivity contribution in [2.45, 2.75) is 17.6 Å². The normalized spacial score (nSPS) is 12.5. The van der Waals surface area contributed by atoms with Gasteiger partial charge in [0, 0.05) is 16.6 Å². The minimum absolute atomic E-state index is 0.0977. The van der Waals surface area contributed by atoms with Crippen molar-refractivity contribution in [1.82, 2.24) is 0 Å². The van der Waals surface area contributed by atoms with Crippen LogP contribution < -0.4 is 5.73 Å². The number of hydrogen-bond donors (Lipinski definition) is 1. The number of rotatable bonds is 3. The second-order valence-corrected chi connectivity index (χ2v) is 4.24. The second kappa shape index (κ2) is 4.80. The number of anilines is 1. The second-order valence-electron chi connectivity index (χ2n) is 3.03. The maximum absolute atomic E-state index is 11.5. The van der Waals surface area contributed by atoms with Gasteiger partial charge in [0.2, 0.25) is 0 Å². The lowest BCUT2D eigenvalue weighted by Crippen LogP contribution is -2.11. The summed E-state index contributed by atoms with van der Waals surface area (Å²) in [5.74, 6) is -0.0977. The third-order valence-corrected chi connectivity index (χ3v) is 2.74. The molecule has 0 aliphatic rings. The van der Waals surface area contributed by atoms with E-state index in [-0.39, 0.29) is 5.78 Å². The van der Waals surface area contributed by atoms with Crippen LogP contribution in [0.25, 0.3) is 0 Å². The number of carbonyl (C=O) groups is 1. The largest absolute Gasteiger partial charge is 0.398 e. The number of nitrogen functional groups attached to an aromatic ring is 1. The predicted molar refractivity (Wildman–Crippen MR) is 63.1 cm³/mol. The van der Waals surface area contributed by atoms with Gasteiger partial charge in [0.15, 0.2) is 5.78 Å². The van der Waals surface area contributed by atoms with E-state index in [2.05, 4.69) is 15.9 Å². The maximum Gasteiger partial charge on any atom is 0.180 e. The number of ketones is 1. The van der Waals surface area contributed by atoms with E-state index in [4.69, 9.17) is 17.3 Å². The van der Waals surface area contributed by atoms with Crippen LogP contribution >= 0.6 is 27.5 Å². The number of carbonyl (C=O) groups excluding carboxylic acids is 1. The number of halogens is 2. The van der Waals surface area contributed by atoms with Gasteiger partial charge in [-0.25, -0.2) is 0 Å². The first-order valence-electron chi connectivity index (χ1n) is 4.19. The van der Waals surface area contributed by atoms with E-state index >= 15 is 0 Å². The molecule has 1 unspecified atom stereocenters. The SMILES string of the molecule is CC(Cl)C(=O)c1ccc(CBr)c(N)c1. The topological polar surface area (TPSA) is 43.1 Å². The molecule has 14 heavy (non-hydrogen) atoms. The zero-order valence-electron chi connectivity index (χ0n) is 7.76. The molecule has 1 aromatic rings. The molecule has 0 fully saturated rings. The molecular formula is C10H11BrClNO. The van der Waals surface area contributed by atoms with Gasteiger partial charge in [0.1, 0.15) is 0 Å². The summed E-state index contributed by atoms with van der Waals surface area (Å²) in [6, 6.07) is 5.24. The average molecular weight is 277 g/mol. The molecule has 4 heteroatoms. The van der Waals surface area contributed by atoms with Crippen molar-refractivity contribution < 1.29 is 4.79 Å². The monoisotopic (exact) mass is 275 g/mol. The van der Waals surface area contributed by atoms with Crippen molar-refractivity contribution in [2.24, 2.45) is 0 Å². The van der Waals surface area contributed by atoms with Crippen LogP contribution in [0.5, 0.6) is 0 Å². The summed E-state index contributed by atoms with van der Waals surface area (Å²) in [6.07, 6.45) is 0. The standard InChI is InChI=1S/C10H11BrClNO/c1-6(12)10(14)7-2-3-8(5-11)9(13)4-7/h2-4,6H,5,13H2,1H3. The summed E-state index contributed by atoms with van der Waals surface area (Å²) in [7, 11) is 0. The van der Waals surface area contributed by atoms with Crippen molar-refractivity contribution in [3.8, 4) is 0 Å². The van der Waals surface area contributed by atoms with Crippen LogP contribution in [0, 0.1) is 0 Å². The Morgan fingerprint density at radius 1 is 1.64 bits per heavy atom. The third kappa shape index (κ3) is 2.49. The van der Waals surface area contributed by atoms with Crippen molar-refractivity contribution >= 4 is 39.0 Å². The Bertz CT molecular complexity index is 352. The molecule has 0 aliphatic carbocycles. The van der Waals surface area contributed by atoms with Crippen molar-refractivity contribution in [2.75, 3.05) is 5.73 Å². The molecule has 0 saturated heterocycles. The molecule has 1 atom stereocenters. The van der Waals surface area contributed by atoms with Gasteiger partial charge in [0.05, 0.1) is 5.38 Å². The molecule has 2 nitrogen and oxygen atoms in total. The van der Waals surface area contributed by atoms with Crippen molar-refractivity contribution in [3.05, 3.63) is 29.3 Å². The Morgan fingerprint density at radius 3 is 2.71 bits per heavy atom. The van der Waals surface area contributed by atoms with Gasteiger partial charge in [-0.15, -0.1) is 11.6 Å². The summed E-state index contributed by atoms with van der Waals surface area (Å²) < 4.78 is 0. The van der Waals surface area contributed by atoms with Crippen LogP contribution in [-0.2, 0) is 5.33 Å². The molecule has 1 aromatic carbocycles. The van der Waals surface area contributed by atoms with Crippen molar-refractivity contribution in [3.63, 3.8) is 0 Å². The van der Waals surface area contributed by atoms with E-state index in [0.29, 0.717) is 16.6 Å². The van der Waals surface area contributed by atoms with E-state index in [9.17, 15) is 4.79 Å². The maximum atomic E-state index is 11.5. The predicted octanol–water partition coefficient (Wildman–Crippen LogP) is 2.97. The lowest BCUT2D eigenvalue weighted by atomic mass is 10.1. The minimum atomic E-state index is -0.510. The molecule has 0 saturated carbocycles. The fourth-order valence-corrected chi connectivity index (χ4v) is 1.74. The molecular weight excluding hydrogens is 265 g/mol. The molecule has 0 bridgehead atoms. The Balaban J connectivity index is 3.03. The highest BCUT2D eigenvalue weighted by Gasteiger charge is 2.12. The smallest absolute Gasteiger partial charge is 0.180 e. The zero-order valence-corrected chi connectivity index (χ0v) is 10.1. The van der Waals surface area contributed by atoms with Gasteiger partial charge < -0.3 is 5.73 Å². The van der Waals surface area contributed by atoms with Crippen molar-refractivity contribution in [1.29, 1.82) is 0 Å². The Morgan fingerprint density at radius 2 is 2.29 bits per heavy atom. The number of alkyl halides is 2. The van der Waals surface area contributed by atoms with Gasteiger partial charge >= 0.3 is 0 Å². The molecule has 0 amide bonds. The first-order valence-corrected chi connectivity index (χ1v) is 5.74. The number of Topliss-reactive ketones (excluding diaryl/α,β-unsaturated/α-hetero) is 1. The Hall–Kier alpha value is -0.540. The van der Waals surface area contributed by atoms with Crippen LogP contribution in [-0.4, -0.2) is 11.2 Å². The first kappa shape index (κ1) is 11.5. The Labute approximate surface area is 96.6 Å². The highest BCUT2D eigenvalue weighted by molar-refractivity contribution is 9.08. The molecule has 0 radical (unpaired) electrons. The van der Waals surface area contributed by atoms with Gasteiger partial charge in [-0.3, -0.25) is 4.79 Å². The lowest BCUT2D eigenvalue weighted by Gasteiger charge is -2.06. The molecule has 0 aromatic heterocycles. The van der Waals surface area contributed by atoms with E-state index in [1.807, 2.05) is 6.07 Å². The number of nitrogens with two attached hydrogens (primary N) is 1.